The summed E-state index contributed by atoms with van der Waals surface area (Å²) in [7, 11) is 0. The number of hydrogen-bond donors (Lipinski definition) is 0. The van der Waals surface area contributed by atoms with E-state index in [0.29, 0.717) is 29.7 Å². The second-order valence-electron chi connectivity index (χ2n) is 6.09. The van der Waals surface area contributed by atoms with Gasteiger partial charge >= 0.3 is 0 Å². The largest absolute Gasteiger partial charge is 0.489 e. The first kappa shape index (κ1) is 12.2. The van der Waals surface area contributed by atoms with Crippen LogP contribution < -0.4 is 9.47 Å². The molecule has 1 aromatic rings. The van der Waals surface area contributed by atoms with Crippen LogP contribution in [0.15, 0.2) is 17.1 Å². The van der Waals surface area contributed by atoms with E-state index in [1.54, 1.807) is 12.1 Å². The molecule has 0 amide bonds. The number of benzene rings is 1. The molecule has 1 heterocycles. The third-order valence-corrected chi connectivity index (χ3v) is 4.86. The van der Waals surface area contributed by atoms with E-state index in [0.717, 1.165) is 31.2 Å². The van der Waals surface area contributed by atoms with Crippen LogP contribution in [0.3, 0.4) is 0 Å². The lowest BCUT2D eigenvalue weighted by atomic mass is 10.0. The molecule has 0 atom stereocenters. The number of ether oxygens (including phenoxy) is 2. The molecule has 20 heavy (non-hydrogen) atoms. The maximum atomic E-state index is 10.6. The predicted octanol–water partition coefficient (Wildman–Crippen LogP) is 3.22. The number of rotatable bonds is 2. The maximum absolute atomic E-state index is 10.6. The van der Waals surface area contributed by atoms with Gasteiger partial charge in [0.15, 0.2) is 11.5 Å². The standard InChI is InChI=1S/C15H14ClNO3/c16-11-6-13-12(19-7-14(1-2-14)8-20-13)5-10(11)15(3-4-15)17-9-18/h5-6H,1-4,7-8H2. The summed E-state index contributed by atoms with van der Waals surface area (Å²) < 4.78 is 11.7. The van der Waals surface area contributed by atoms with Gasteiger partial charge in [-0.15, -0.1) is 0 Å². The monoisotopic (exact) mass is 291 g/mol. The minimum atomic E-state index is -0.485. The second-order valence-corrected chi connectivity index (χ2v) is 6.50. The molecule has 5 heteroatoms. The van der Waals surface area contributed by atoms with Crippen molar-refractivity contribution < 1.29 is 14.3 Å². The van der Waals surface area contributed by atoms with Gasteiger partial charge < -0.3 is 9.47 Å². The van der Waals surface area contributed by atoms with E-state index in [1.807, 2.05) is 6.07 Å². The van der Waals surface area contributed by atoms with Crippen molar-refractivity contribution in [2.45, 2.75) is 31.2 Å². The Balaban J connectivity index is 1.73. The molecular weight excluding hydrogens is 278 g/mol. The Morgan fingerprint density at radius 3 is 2.30 bits per heavy atom. The lowest BCUT2D eigenvalue weighted by Crippen LogP contribution is -2.17. The molecule has 2 aliphatic carbocycles. The Kier molecular flexibility index (Phi) is 2.45. The molecule has 2 saturated carbocycles. The van der Waals surface area contributed by atoms with E-state index >= 15 is 0 Å². The minimum absolute atomic E-state index is 0.198. The van der Waals surface area contributed by atoms with Crippen LogP contribution in [0.2, 0.25) is 5.02 Å². The van der Waals surface area contributed by atoms with E-state index in [9.17, 15) is 4.79 Å². The molecule has 4 rings (SSSR count). The van der Waals surface area contributed by atoms with Crippen molar-refractivity contribution in [3.05, 3.63) is 22.7 Å². The molecule has 104 valence electrons. The SMILES string of the molecule is O=C=NC1(c2cc3c(cc2Cl)OCC2(CC2)CO3)CC1. The Hall–Kier alpha value is -1.51. The molecule has 4 nitrogen and oxygen atoms in total. The van der Waals surface area contributed by atoms with Crippen LogP contribution in [-0.4, -0.2) is 19.3 Å². The average Bonchev–Trinajstić information content (AvgIpc) is 3.32. The van der Waals surface area contributed by atoms with Gasteiger partial charge in [-0.1, -0.05) is 11.6 Å². The highest BCUT2D eigenvalue weighted by Crippen LogP contribution is 2.55. The first-order chi connectivity index (χ1) is 9.66. The molecule has 1 aromatic carbocycles. The third kappa shape index (κ3) is 1.83. The fraction of sp³-hybridized carbons (Fsp3) is 0.533. The van der Waals surface area contributed by atoms with Crippen molar-refractivity contribution in [1.29, 1.82) is 0 Å². The van der Waals surface area contributed by atoms with E-state index in [2.05, 4.69) is 4.99 Å². The van der Waals surface area contributed by atoms with Crippen LogP contribution in [0.1, 0.15) is 31.2 Å². The summed E-state index contributed by atoms with van der Waals surface area (Å²) in [5.41, 5.74) is 0.557. The highest BCUT2D eigenvalue weighted by molar-refractivity contribution is 6.31. The summed E-state index contributed by atoms with van der Waals surface area (Å²) in [6.07, 6.45) is 5.61. The Bertz CT molecular complexity index is 628. The van der Waals surface area contributed by atoms with Gasteiger partial charge in [0, 0.05) is 17.0 Å². The summed E-state index contributed by atoms with van der Waals surface area (Å²) in [4.78, 5) is 14.5. The van der Waals surface area contributed by atoms with Crippen molar-refractivity contribution in [2.24, 2.45) is 10.4 Å². The van der Waals surface area contributed by atoms with Crippen LogP contribution in [0.4, 0.5) is 0 Å². The van der Waals surface area contributed by atoms with Crippen LogP contribution in [0.25, 0.3) is 0 Å². The molecule has 0 saturated heterocycles. The summed E-state index contributed by atoms with van der Waals surface area (Å²) in [5.74, 6) is 1.40. The first-order valence-corrected chi connectivity index (χ1v) is 7.23. The number of halogens is 1. The molecule has 0 N–H and O–H groups in total. The average molecular weight is 292 g/mol. The van der Waals surface area contributed by atoms with Gasteiger partial charge in [-0.2, -0.15) is 4.99 Å². The van der Waals surface area contributed by atoms with Crippen molar-refractivity contribution >= 4 is 17.7 Å². The van der Waals surface area contributed by atoms with Gasteiger partial charge in [-0.25, -0.2) is 4.79 Å². The van der Waals surface area contributed by atoms with E-state index in [-0.39, 0.29) is 5.41 Å². The smallest absolute Gasteiger partial charge is 0.235 e. The first-order valence-electron chi connectivity index (χ1n) is 6.85. The summed E-state index contributed by atoms with van der Waals surface area (Å²) in [5, 5.41) is 0.579. The molecular formula is C15H14ClNO3. The van der Waals surface area contributed by atoms with Gasteiger partial charge in [0.05, 0.1) is 23.8 Å². The topological polar surface area (TPSA) is 47.9 Å². The van der Waals surface area contributed by atoms with Crippen molar-refractivity contribution in [1.82, 2.24) is 0 Å². The third-order valence-electron chi connectivity index (χ3n) is 4.54. The van der Waals surface area contributed by atoms with Gasteiger partial charge in [0.1, 0.15) is 0 Å². The van der Waals surface area contributed by atoms with Crippen molar-refractivity contribution in [3.63, 3.8) is 0 Å². The number of carbonyl (C=O) groups excluding carboxylic acids is 1. The molecule has 2 fully saturated rings. The highest BCUT2D eigenvalue weighted by Gasteiger charge is 2.48. The molecule has 0 radical (unpaired) electrons. The van der Waals surface area contributed by atoms with E-state index in [1.165, 1.54) is 0 Å². The van der Waals surface area contributed by atoms with Crippen LogP contribution in [0.5, 0.6) is 11.5 Å². The zero-order valence-corrected chi connectivity index (χ0v) is 11.7. The minimum Gasteiger partial charge on any atom is -0.489 e. The number of aliphatic imine (C=N–C) groups is 1. The van der Waals surface area contributed by atoms with Crippen LogP contribution in [-0.2, 0) is 10.3 Å². The Morgan fingerprint density at radius 1 is 1.10 bits per heavy atom. The number of isocyanates is 1. The van der Waals surface area contributed by atoms with Gasteiger partial charge in [0.25, 0.3) is 0 Å². The highest BCUT2D eigenvalue weighted by atomic mass is 35.5. The van der Waals surface area contributed by atoms with Crippen molar-refractivity contribution in [3.8, 4) is 11.5 Å². The quantitative estimate of drug-likeness (QED) is 0.621. The van der Waals surface area contributed by atoms with Crippen LogP contribution in [0, 0.1) is 5.41 Å². The Morgan fingerprint density at radius 2 is 1.75 bits per heavy atom. The normalized spacial score (nSPS) is 23.6. The molecule has 0 unspecified atom stereocenters. The molecule has 3 aliphatic rings. The summed E-state index contributed by atoms with van der Waals surface area (Å²) >= 11 is 6.34. The number of fused-ring (bicyclic) bond motifs is 1. The zero-order chi connectivity index (χ0) is 13.8. The predicted molar refractivity (Wildman–Crippen MR) is 73.1 cm³/mol. The van der Waals surface area contributed by atoms with E-state index < -0.39 is 5.54 Å². The second kappa shape index (κ2) is 4.00. The van der Waals surface area contributed by atoms with Gasteiger partial charge in [0.2, 0.25) is 6.08 Å². The lowest BCUT2D eigenvalue weighted by molar-refractivity contribution is 0.197. The summed E-state index contributed by atoms with van der Waals surface area (Å²) in [6, 6.07) is 3.67. The van der Waals surface area contributed by atoms with Gasteiger partial charge in [-0.3, -0.25) is 0 Å². The number of nitrogens with zero attached hydrogens (tertiary/aromatic N) is 1. The molecule has 0 aromatic heterocycles. The Labute approximate surface area is 121 Å². The number of hydrogen-bond acceptors (Lipinski definition) is 4. The molecule has 1 aliphatic heterocycles. The van der Waals surface area contributed by atoms with Crippen LogP contribution >= 0.6 is 11.6 Å². The molecule has 1 spiro atoms. The fourth-order valence-corrected chi connectivity index (χ4v) is 3.06. The zero-order valence-electron chi connectivity index (χ0n) is 10.9. The fourth-order valence-electron chi connectivity index (χ4n) is 2.73. The maximum Gasteiger partial charge on any atom is 0.235 e. The van der Waals surface area contributed by atoms with Crippen molar-refractivity contribution in [2.75, 3.05) is 13.2 Å². The molecule has 0 bridgehead atoms. The summed E-state index contributed by atoms with van der Waals surface area (Å²) in [6.45, 7) is 1.37. The van der Waals surface area contributed by atoms with Gasteiger partial charge in [-0.05, 0) is 31.7 Å². The van der Waals surface area contributed by atoms with E-state index in [4.69, 9.17) is 21.1 Å². The lowest BCUT2D eigenvalue weighted by Gasteiger charge is -2.14.